The quantitative estimate of drug-likeness (QED) is 0.488. The monoisotopic (exact) mass is 439 g/mol. The maximum Gasteiger partial charge on any atom is 0.338 e. The van der Waals surface area contributed by atoms with Gasteiger partial charge in [-0.2, -0.15) is 0 Å². The minimum atomic E-state index is -0.585. The van der Waals surface area contributed by atoms with Gasteiger partial charge in [0.05, 0.1) is 11.7 Å². The molecule has 3 rings (SSSR count). The van der Waals surface area contributed by atoms with Gasteiger partial charge < -0.3 is 19.5 Å². The number of hydrogen-bond acceptors (Lipinski definition) is 6. The topological polar surface area (TPSA) is 90.9 Å². The minimum absolute atomic E-state index is 0.117. The number of amides is 1. The molecule has 1 unspecified atom stereocenters. The Labute approximate surface area is 188 Å². The zero-order valence-electron chi connectivity index (χ0n) is 18.7. The first-order valence-corrected chi connectivity index (χ1v) is 10.7. The molecule has 7 nitrogen and oxygen atoms in total. The third kappa shape index (κ3) is 6.65. The van der Waals surface area contributed by atoms with Crippen LogP contribution in [0.15, 0.2) is 48.5 Å². The van der Waals surface area contributed by atoms with E-state index in [0.717, 1.165) is 19.4 Å². The first-order valence-electron chi connectivity index (χ1n) is 10.7. The predicted molar refractivity (Wildman–Crippen MR) is 120 cm³/mol. The molecule has 1 heterocycles. The Morgan fingerprint density at radius 1 is 1.00 bits per heavy atom. The van der Waals surface area contributed by atoms with Gasteiger partial charge in [0, 0.05) is 23.3 Å². The number of carbonyl (C=O) groups excluding carboxylic acids is 3. The van der Waals surface area contributed by atoms with E-state index in [0.29, 0.717) is 29.2 Å². The summed E-state index contributed by atoms with van der Waals surface area (Å²) < 4.78 is 16.3. The van der Waals surface area contributed by atoms with Crippen molar-refractivity contribution in [2.45, 2.75) is 39.7 Å². The molecule has 1 saturated heterocycles. The largest absolute Gasteiger partial charge is 0.491 e. The van der Waals surface area contributed by atoms with Crippen molar-refractivity contribution in [1.82, 2.24) is 0 Å². The van der Waals surface area contributed by atoms with Crippen LogP contribution < -0.4 is 10.1 Å². The van der Waals surface area contributed by atoms with Crippen LogP contribution in [0, 0.1) is 5.41 Å². The molecule has 0 spiro atoms. The molecule has 0 bridgehead atoms. The first-order chi connectivity index (χ1) is 15.2. The summed E-state index contributed by atoms with van der Waals surface area (Å²) in [4.78, 5) is 36.6. The molecule has 1 aliphatic rings. The highest BCUT2D eigenvalue weighted by molar-refractivity contribution is 6.00. The Morgan fingerprint density at radius 2 is 1.66 bits per heavy atom. The second-order valence-electron chi connectivity index (χ2n) is 8.75. The molecule has 0 saturated carbocycles. The first kappa shape index (κ1) is 23.5. The van der Waals surface area contributed by atoms with Gasteiger partial charge in [-0.15, -0.1) is 0 Å². The lowest BCUT2D eigenvalue weighted by molar-refractivity contribution is -0.123. The van der Waals surface area contributed by atoms with Crippen LogP contribution in [0.3, 0.4) is 0 Å². The number of ketones is 1. The molecule has 1 fully saturated rings. The SMILES string of the molecule is CC(C)(C)C(=O)Nc1ccc(C(=O)COC(=O)c2ccc(OCC3CCCO3)cc2)cc1. The molecule has 2 aromatic rings. The van der Waals surface area contributed by atoms with Crippen molar-refractivity contribution in [3.63, 3.8) is 0 Å². The van der Waals surface area contributed by atoms with E-state index in [-0.39, 0.29) is 24.4 Å². The summed E-state index contributed by atoms with van der Waals surface area (Å²) in [5.41, 5.74) is 0.810. The lowest BCUT2D eigenvalue weighted by atomic mass is 9.95. The molecule has 0 aromatic heterocycles. The molecule has 2 aromatic carbocycles. The van der Waals surface area contributed by atoms with Crippen LogP contribution in [-0.4, -0.2) is 43.6 Å². The fourth-order valence-electron chi connectivity index (χ4n) is 3.01. The van der Waals surface area contributed by atoms with Gasteiger partial charge in [0.2, 0.25) is 5.91 Å². The molecule has 7 heteroatoms. The molecule has 0 radical (unpaired) electrons. The average molecular weight is 440 g/mol. The second-order valence-corrected chi connectivity index (χ2v) is 8.75. The standard InChI is InChI=1S/C25H29NO6/c1-25(2,3)24(29)26-19-10-6-17(7-11-19)22(27)16-32-23(28)18-8-12-20(13-9-18)31-15-21-5-4-14-30-21/h6-13,21H,4-5,14-16H2,1-3H3,(H,26,29). The van der Waals surface area contributed by atoms with E-state index in [2.05, 4.69) is 5.32 Å². The Balaban J connectivity index is 1.46. The van der Waals surface area contributed by atoms with Crippen molar-refractivity contribution in [1.29, 1.82) is 0 Å². The summed E-state index contributed by atoms with van der Waals surface area (Å²) in [5, 5.41) is 2.80. The molecule has 1 amide bonds. The maximum absolute atomic E-state index is 12.3. The number of hydrogen-bond donors (Lipinski definition) is 1. The van der Waals surface area contributed by atoms with E-state index < -0.39 is 11.4 Å². The number of Topliss-reactive ketones (excluding diaryl/α,β-unsaturated/α-hetero) is 1. The second kappa shape index (κ2) is 10.4. The molecule has 1 N–H and O–H groups in total. The minimum Gasteiger partial charge on any atom is -0.491 e. The van der Waals surface area contributed by atoms with E-state index in [1.807, 2.05) is 20.8 Å². The van der Waals surface area contributed by atoms with Crippen molar-refractivity contribution in [2.75, 3.05) is 25.1 Å². The smallest absolute Gasteiger partial charge is 0.338 e. The number of nitrogens with one attached hydrogen (secondary N) is 1. The van der Waals surface area contributed by atoms with Crippen LogP contribution in [0.25, 0.3) is 0 Å². The van der Waals surface area contributed by atoms with E-state index in [4.69, 9.17) is 14.2 Å². The summed E-state index contributed by atoms with van der Waals surface area (Å²) >= 11 is 0. The fraction of sp³-hybridized carbons (Fsp3) is 0.400. The van der Waals surface area contributed by atoms with Crippen molar-refractivity contribution in [3.8, 4) is 5.75 Å². The van der Waals surface area contributed by atoms with Crippen LogP contribution in [-0.2, 0) is 14.3 Å². The highest BCUT2D eigenvalue weighted by atomic mass is 16.5. The van der Waals surface area contributed by atoms with E-state index >= 15 is 0 Å². The molecular weight excluding hydrogens is 410 g/mol. The highest BCUT2D eigenvalue weighted by Crippen LogP contribution is 2.19. The van der Waals surface area contributed by atoms with Crippen LogP contribution in [0.1, 0.15) is 54.3 Å². The van der Waals surface area contributed by atoms with Gasteiger partial charge >= 0.3 is 5.97 Å². The van der Waals surface area contributed by atoms with Gasteiger partial charge in [0.15, 0.2) is 12.4 Å². The number of rotatable bonds is 8. The Bertz CT molecular complexity index is 938. The Hall–Kier alpha value is -3.19. The van der Waals surface area contributed by atoms with E-state index in [9.17, 15) is 14.4 Å². The summed E-state index contributed by atoms with van der Waals surface area (Å²) in [7, 11) is 0. The lowest BCUT2D eigenvalue weighted by Crippen LogP contribution is -2.27. The summed E-state index contributed by atoms with van der Waals surface area (Å²) in [6, 6.07) is 13.1. The van der Waals surface area contributed by atoms with Crippen LogP contribution >= 0.6 is 0 Å². The van der Waals surface area contributed by atoms with Gasteiger partial charge in [0.1, 0.15) is 12.4 Å². The van der Waals surface area contributed by atoms with Crippen LogP contribution in [0.2, 0.25) is 0 Å². The summed E-state index contributed by atoms with van der Waals surface area (Å²) in [6.07, 6.45) is 2.16. The van der Waals surface area contributed by atoms with Gasteiger partial charge in [-0.3, -0.25) is 9.59 Å². The predicted octanol–water partition coefficient (Wildman–Crippen LogP) is 4.27. The normalized spacial score (nSPS) is 15.8. The van der Waals surface area contributed by atoms with E-state index in [1.54, 1.807) is 48.5 Å². The van der Waals surface area contributed by atoms with E-state index in [1.165, 1.54) is 0 Å². The third-order valence-corrected chi connectivity index (χ3v) is 5.03. The molecule has 0 aliphatic carbocycles. The number of esters is 1. The Kier molecular flexibility index (Phi) is 7.64. The zero-order chi connectivity index (χ0) is 23.1. The zero-order valence-corrected chi connectivity index (χ0v) is 18.7. The fourth-order valence-corrected chi connectivity index (χ4v) is 3.01. The number of carbonyl (C=O) groups is 3. The van der Waals surface area contributed by atoms with Gasteiger partial charge in [-0.05, 0) is 61.4 Å². The average Bonchev–Trinajstić information content (AvgIpc) is 3.30. The molecule has 1 aliphatic heterocycles. The van der Waals surface area contributed by atoms with Crippen molar-refractivity contribution in [3.05, 3.63) is 59.7 Å². The summed E-state index contributed by atoms with van der Waals surface area (Å²) in [6.45, 7) is 6.35. The number of anilines is 1. The van der Waals surface area contributed by atoms with Crippen LogP contribution in [0.5, 0.6) is 5.75 Å². The summed E-state index contributed by atoms with van der Waals surface area (Å²) in [5.74, 6) is -0.387. The molecular formula is C25H29NO6. The Morgan fingerprint density at radius 3 is 2.25 bits per heavy atom. The maximum atomic E-state index is 12.3. The number of ether oxygens (including phenoxy) is 3. The van der Waals surface area contributed by atoms with Crippen molar-refractivity contribution < 1.29 is 28.6 Å². The highest BCUT2D eigenvalue weighted by Gasteiger charge is 2.21. The van der Waals surface area contributed by atoms with Gasteiger partial charge in [-0.25, -0.2) is 4.79 Å². The number of benzene rings is 2. The molecule has 32 heavy (non-hydrogen) atoms. The van der Waals surface area contributed by atoms with Gasteiger partial charge in [-0.1, -0.05) is 20.8 Å². The molecule has 170 valence electrons. The third-order valence-electron chi connectivity index (χ3n) is 5.03. The van der Waals surface area contributed by atoms with Crippen molar-refractivity contribution >= 4 is 23.3 Å². The van der Waals surface area contributed by atoms with Crippen LogP contribution in [0.4, 0.5) is 5.69 Å². The van der Waals surface area contributed by atoms with Gasteiger partial charge in [0.25, 0.3) is 0 Å². The van der Waals surface area contributed by atoms with Crippen molar-refractivity contribution in [2.24, 2.45) is 5.41 Å². The molecule has 1 atom stereocenters. The lowest BCUT2D eigenvalue weighted by Gasteiger charge is -2.17.